The van der Waals surface area contributed by atoms with E-state index >= 15 is 0 Å². The summed E-state index contributed by atoms with van der Waals surface area (Å²) in [5.41, 5.74) is 4.74. The highest BCUT2D eigenvalue weighted by atomic mass is 127. The zero-order valence-corrected chi connectivity index (χ0v) is 21.5. The molecule has 0 bridgehead atoms. The monoisotopic (exact) mass is 527 g/mol. The van der Waals surface area contributed by atoms with E-state index in [2.05, 4.69) is 79.6 Å². The van der Waals surface area contributed by atoms with E-state index in [9.17, 15) is 0 Å². The van der Waals surface area contributed by atoms with Crippen LogP contribution in [0.1, 0.15) is 62.8 Å². The molecule has 0 radical (unpaired) electrons. The van der Waals surface area contributed by atoms with E-state index in [-0.39, 0.29) is 24.0 Å². The lowest BCUT2D eigenvalue weighted by molar-refractivity contribution is 0.296. The fourth-order valence-corrected chi connectivity index (χ4v) is 3.35. The lowest BCUT2D eigenvalue weighted by Gasteiger charge is -2.18. The van der Waals surface area contributed by atoms with Crippen LogP contribution in [0.2, 0.25) is 0 Å². The fourth-order valence-electron chi connectivity index (χ4n) is 3.35. The van der Waals surface area contributed by atoms with E-state index in [1.165, 1.54) is 11.1 Å². The Hall–Kier alpha value is -1.61. The second-order valence-electron chi connectivity index (χ2n) is 7.07. The SMILES string of the molecule is CCNC(=NCc1cccc(CN(CC)CC)c1)NCc1c(CC)noc1CC.I. The molecule has 0 aliphatic rings. The molecule has 0 amide bonds. The van der Waals surface area contributed by atoms with Gasteiger partial charge in [-0.2, -0.15) is 0 Å². The lowest BCUT2D eigenvalue weighted by Crippen LogP contribution is -2.37. The van der Waals surface area contributed by atoms with Crippen molar-refractivity contribution in [1.82, 2.24) is 20.7 Å². The van der Waals surface area contributed by atoms with Gasteiger partial charge in [0.15, 0.2) is 5.96 Å². The molecule has 2 aromatic rings. The normalized spacial score (nSPS) is 11.5. The quantitative estimate of drug-likeness (QED) is 0.256. The van der Waals surface area contributed by atoms with Gasteiger partial charge in [-0.3, -0.25) is 4.90 Å². The van der Waals surface area contributed by atoms with Gasteiger partial charge < -0.3 is 15.2 Å². The average Bonchev–Trinajstić information content (AvgIpc) is 3.16. The number of benzene rings is 1. The average molecular weight is 527 g/mol. The van der Waals surface area contributed by atoms with Gasteiger partial charge in [-0.15, -0.1) is 24.0 Å². The third-order valence-electron chi connectivity index (χ3n) is 5.10. The molecule has 0 aliphatic carbocycles. The molecule has 1 aromatic heterocycles. The molecule has 0 fully saturated rings. The number of aromatic nitrogens is 1. The number of aryl methyl sites for hydroxylation is 2. The maximum absolute atomic E-state index is 5.47. The topological polar surface area (TPSA) is 65.7 Å². The van der Waals surface area contributed by atoms with E-state index in [0.29, 0.717) is 13.1 Å². The van der Waals surface area contributed by atoms with Crippen molar-refractivity contribution in [3.63, 3.8) is 0 Å². The predicted molar refractivity (Wildman–Crippen MR) is 135 cm³/mol. The summed E-state index contributed by atoms with van der Waals surface area (Å²) in [5.74, 6) is 1.77. The standard InChI is InChI=1S/C23H37N5O.HI/c1-6-21-20(22(7-2)29-27-21)16-26-23(24-8-3)25-15-18-12-11-13-19(14-18)17-28(9-4)10-5;/h11-14H,6-10,15-17H2,1-5H3,(H2,24,25,26);1H. The molecule has 0 saturated carbocycles. The minimum absolute atomic E-state index is 0. The van der Waals surface area contributed by atoms with E-state index in [1.54, 1.807) is 0 Å². The van der Waals surface area contributed by atoms with Gasteiger partial charge in [0.1, 0.15) is 5.76 Å². The van der Waals surface area contributed by atoms with Crippen LogP contribution in [0.4, 0.5) is 0 Å². The Morgan fingerprint density at radius 2 is 1.77 bits per heavy atom. The van der Waals surface area contributed by atoms with Crippen LogP contribution in [0.25, 0.3) is 0 Å². The molecule has 0 aliphatic heterocycles. The zero-order valence-electron chi connectivity index (χ0n) is 19.1. The molecule has 0 unspecified atom stereocenters. The van der Waals surface area contributed by atoms with Crippen molar-refractivity contribution in [3.8, 4) is 0 Å². The third-order valence-corrected chi connectivity index (χ3v) is 5.10. The third kappa shape index (κ3) is 7.91. The number of hydrogen-bond acceptors (Lipinski definition) is 4. The van der Waals surface area contributed by atoms with E-state index in [4.69, 9.17) is 9.52 Å². The first-order valence-electron chi connectivity index (χ1n) is 10.9. The van der Waals surface area contributed by atoms with Gasteiger partial charge >= 0.3 is 0 Å². The number of nitrogens with zero attached hydrogens (tertiary/aromatic N) is 3. The molecule has 0 spiro atoms. The highest BCUT2D eigenvalue weighted by Crippen LogP contribution is 2.15. The first kappa shape index (κ1) is 26.4. The summed E-state index contributed by atoms with van der Waals surface area (Å²) < 4.78 is 5.47. The Balaban J connectivity index is 0.00000450. The van der Waals surface area contributed by atoms with Crippen molar-refractivity contribution in [1.29, 1.82) is 0 Å². The van der Waals surface area contributed by atoms with Crippen LogP contribution in [-0.4, -0.2) is 35.7 Å². The summed E-state index contributed by atoms with van der Waals surface area (Å²) in [6.07, 6.45) is 1.71. The van der Waals surface area contributed by atoms with Crippen molar-refractivity contribution in [2.75, 3.05) is 19.6 Å². The zero-order chi connectivity index (χ0) is 21.1. The highest BCUT2D eigenvalue weighted by Gasteiger charge is 2.13. The number of aliphatic imine (C=N–C) groups is 1. The Kier molecular flexibility index (Phi) is 12.7. The van der Waals surface area contributed by atoms with Crippen molar-refractivity contribution in [3.05, 3.63) is 52.4 Å². The lowest BCUT2D eigenvalue weighted by atomic mass is 10.1. The van der Waals surface area contributed by atoms with Gasteiger partial charge in [0.05, 0.1) is 12.2 Å². The number of guanidine groups is 1. The minimum Gasteiger partial charge on any atom is -0.361 e. The van der Waals surface area contributed by atoms with E-state index in [1.807, 2.05) is 0 Å². The Labute approximate surface area is 198 Å². The van der Waals surface area contributed by atoms with E-state index < -0.39 is 0 Å². The van der Waals surface area contributed by atoms with Crippen molar-refractivity contribution in [2.45, 2.75) is 67.1 Å². The van der Waals surface area contributed by atoms with Crippen molar-refractivity contribution >= 4 is 29.9 Å². The summed E-state index contributed by atoms with van der Waals surface area (Å²) in [6.45, 7) is 15.9. The first-order chi connectivity index (χ1) is 14.1. The van der Waals surface area contributed by atoms with Gasteiger partial charge in [0.2, 0.25) is 0 Å². The summed E-state index contributed by atoms with van der Waals surface area (Å²) >= 11 is 0. The van der Waals surface area contributed by atoms with E-state index in [0.717, 1.165) is 62.0 Å². The smallest absolute Gasteiger partial charge is 0.191 e. The fraction of sp³-hybridized carbons (Fsp3) is 0.565. The highest BCUT2D eigenvalue weighted by molar-refractivity contribution is 14.0. The second kappa shape index (κ2) is 14.4. The Bertz CT molecular complexity index is 749. The maximum atomic E-state index is 5.47. The van der Waals surface area contributed by atoms with Gasteiger partial charge in [0, 0.05) is 31.6 Å². The van der Waals surface area contributed by atoms with Crippen LogP contribution < -0.4 is 10.6 Å². The van der Waals surface area contributed by atoms with Crippen LogP contribution in [0.5, 0.6) is 0 Å². The molecular formula is C23H38IN5O. The molecule has 1 aromatic carbocycles. The summed E-state index contributed by atoms with van der Waals surface area (Å²) in [5, 5.41) is 11.0. The molecule has 168 valence electrons. The van der Waals surface area contributed by atoms with Crippen LogP contribution in [0.15, 0.2) is 33.8 Å². The van der Waals surface area contributed by atoms with Gasteiger partial charge in [0.25, 0.3) is 0 Å². The molecule has 2 rings (SSSR count). The van der Waals surface area contributed by atoms with Crippen LogP contribution in [0.3, 0.4) is 0 Å². The Morgan fingerprint density at radius 1 is 1.03 bits per heavy atom. The van der Waals surface area contributed by atoms with Gasteiger partial charge in [-0.05, 0) is 37.6 Å². The molecule has 30 heavy (non-hydrogen) atoms. The summed E-state index contributed by atoms with van der Waals surface area (Å²) in [4.78, 5) is 7.20. The minimum atomic E-state index is 0. The molecule has 0 atom stereocenters. The van der Waals surface area contributed by atoms with Crippen molar-refractivity contribution in [2.24, 2.45) is 4.99 Å². The number of hydrogen-bond donors (Lipinski definition) is 2. The van der Waals surface area contributed by atoms with Crippen LogP contribution in [0, 0.1) is 0 Å². The molecule has 6 nitrogen and oxygen atoms in total. The largest absolute Gasteiger partial charge is 0.361 e. The van der Waals surface area contributed by atoms with Crippen molar-refractivity contribution < 1.29 is 4.52 Å². The second-order valence-corrected chi connectivity index (χ2v) is 7.07. The summed E-state index contributed by atoms with van der Waals surface area (Å²) in [6, 6.07) is 8.72. The Morgan fingerprint density at radius 3 is 2.40 bits per heavy atom. The number of halogens is 1. The van der Waals surface area contributed by atoms with Gasteiger partial charge in [-0.1, -0.05) is 57.1 Å². The number of rotatable bonds is 11. The molecule has 0 saturated heterocycles. The molecule has 2 N–H and O–H groups in total. The molecular weight excluding hydrogens is 489 g/mol. The molecule has 7 heteroatoms. The maximum Gasteiger partial charge on any atom is 0.191 e. The molecule has 1 heterocycles. The first-order valence-corrected chi connectivity index (χ1v) is 10.9. The predicted octanol–water partition coefficient (Wildman–Crippen LogP) is 4.51. The number of nitrogens with one attached hydrogen (secondary N) is 2. The summed E-state index contributed by atoms with van der Waals surface area (Å²) in [7, 11) is 0. The van der Waals surface area contributed by atoms with Crippen LogP contribution in [-0.2, 0) is 32.5 Å². The van der Waals surface area contributed by atoms with Crippen LogP contribution >= 0.6 is 24.0 Å². The van der Waals surface area contributed by atoms with Gasteiger partial charge in [-0.25, -0.2) is 4.99 Å².